The molecule has 0 aliphatic heterocycles. The second-order valence-electron chi connectivity index (χ2n) is 4.91. The van der Waals surface area contributed by atoms with Crippen LogP contribution in [-0.2, 0) is 11.2 Å². The molecular formula is C18H16O2. The second kappa shape index (κ2) is 5.33. The monoisotopic (exact) mass is 264 g/mol. The Morgan fingerprint density at radius 2 is 1.75 bits per heavy atom. The fraction of sp³-hybridized carbons (Fsp3) is 0.167. The molecule has 0 spiro atoms. The van der Waals surface area contributed by atoms with Gasteiger partial charge in [0.15, 0.2) is 5.78 Å². The third-order valence-corrected chi connectivity index (χ3v) is 3.66. The fourth-order valence-corrected chi connectivity index (χ4v) is 2.56. The average molecular weight is 264 g/mol. The molecular weight excluding hydrogens is 248 g/mol. The summed E-state index contributed by atoms with van der Waals surface area (Å²) in [6, 6.07) is 15.9. The van der Waals surface area contributed by atoms with E-state index >= 15 is 0 Å². The Kier molecular flexibility index (Phi) is 3.38. The van der Waals surface area contributed by atoms with Crippen molar-refractivity contribution in [1.82, 2.24) is 0 Å². The third-order valence-electron chi connectivity index (χ3n) is 3.66. The van der Waals surface area contributed by atoms with Gasteiger partial charge in [-0.2, -0.15) is 0 Å². The first kappa shape index (κ1) is 12.7. The van der Waals surface area contributed by atoms with Gasteiger partial charge >= 0.3 is 0 Å². The standard InChI is InChI=1S/C18H16O2/c1-20-15-9-6-13(7-10-15)12-17-16-5-3-2-4-14(16)8-11-18(17)19/h2-7,9-10,12H,8,11H2,1H3/b17-12+. The lowest BCUT2D eigenvalue weighted by Crippen LogP contribution is -2.12. The van der Waals surface area contributed by atoms with E-state index < -0.39 is 0 Å². The maximum absolute atomic E-state index is 12.2. The third kappa shape index (κ3) is 2.37. The van der Waals surface area contributed by atoms with E-state index in [2.05, 4.69) is 6.07 Å². The normalized spacial score (nSPS) is 16.1. The van der Waals surface area contributed by atoms with Crippen LogP contribution in [0.15, 0.2) is 48.5 Å². The molecule has 2 heteroatoms. The zero-order chi connectivity index (χ0) is 13.9. The molecule has 0 atom stereocenters. The number of carbonyl (C=O) groups is 1. The number of ether oxygens (including phenoxy) is 1. The summed E-state index contributed by atoms with van der Waals surface area (Å²) in [4.78, 5) is 12.2. The average Bonchev–Trinajstić information content (AvgIpc) is 2.51. The van der Waals surface area contributed by atoms with Crippen LogP contribution in [0, 0.1) is 0 Å². The van der Waals surface area contributed by atoms with E-state index in [1.54, 1.807) is 7.11 Å². The highest BCUT2D eigenvalue weighted by Gasteiger charge is 2.20. The van der Waals surface area contributed by atoms with Crippen LogP contribution in [0.3, 0.4) is 0 Å². The number of aryl methyl sites for hydroxylation is 1. The van der Waals surface area contributed by atoms with Crippen LogP contribution in [0.2, 0.25) is 0 Å². The summed E-state index contributed by atoms with van der Waals surface area (Å²) >= 11 is 0. The highest BCUT2D eigenvalue weighted by molar-refractivity contribution is 6.26. The van der Waals surface area contributed by atoms with E-state index in [0.717, 1.165) is 28.9 Å². The molecule has 20 heavy (non-hydrogen) atoms. The topological polar surface area (TPSA) is 26.3 Å². The van der Waals surface area contributed by atoms with Gasteiger partial charge in [0.05, 0.1) is 7.11 Å². The number of hydrogen-bond acceptors (Lipinski definition) is 2. The summed E-state index contributed by atoms with van der Waals surface area (Å²) in [7, 11) is 1.65. The van der Waals surface area contributed by atoms with Gasteiger partial charge in [0, 0.05) is 12.0 Å². The quantitative estimate of drug-likeness (QED) is 0.772. The molecule has 1 aliphatic carbocycles. The van der Waals surface area contributed by atoms with Gasteiger partial charge in [-0.05, 0) is 41.3 Å². The zero-order valence-electron chi connectivity index (χ0n) is 11.4. The maximum Gasteiger partial charge on any atom is 0.163 e. The Morgan fingerprint density at radius 1 is 1.00 bits per heavy atom. The molecule has 1 aliphatic rings. The van der Waals surface area contributed by atoms with Crippen LogP contribution in [0.4, 0.5) is 0 Å². The minimum Gasteiger partial charge on any atom is -0.497 e. The summed E-state index contributed by atoms with van der Waals surface area (Å²) in [5.41, 5.74) is 4.16. The van der Waals surface area contributed by atoms with Crippen LogP contribution in [0.5, 0.6) is 5.75 Å². The minimum atomic E-state index is 0.222. The Labute approximate surface area is 118 Å². The predicted molar refractivity (Wildman–Crippen MR) is 80.6 cm³/mol. The van der Waals surface area contributed by atoms with Crippen molar-refractivity contribution in [3.05, 3.63) is 65.2 Å². The van der Waals surface area contributed by atoms with Crippen LogP contribution in [-0.4, -0.2) is 12.9 Å². The molecule has 0 aromatic heterocycles. The lowest BCUT2D eigenvalue weighted by Gasteiger charge is -2.17. The Hall–Kier alpha value is -2.35. The minimum absolute atomic E-state index is 0.222. The number of rotatable bonds is 2. The molecule has 0 bridgehead atoms. The van der Waals surface area contributed by atoms with Gasteiger partial charge in [0.25, 0.3) is 0 Å². The molecule has 0 saturated carbocycles. The molecule has 0 unspecified atom stereocenters. The van der Waals surface area contributed by atoms with E-state index in [4.69, 9.17) is 4.74 Å². The number of Topliss-reactive ketones (excluding diaryl/α,β-unsaturated/α-hetero) is 1. The molecule has 3 rings (SSSR count). The summed E-state index contributed by atoms with van der Waals surface area (Å²) in [5.74, 6) is 1.04. The van der Waals surface area contributed by atoms with Crippen LogP contribution in [0.1, 0.15) is 23.1 Å². The number of allylic oxidation sites excluding steroid dienone is 1. The smallest absolute Gasteiger partial charge is 0.163 e. The van der Waals surface area contributed by atoms with Gasteiger partial charge in [-0.1, -0.05) is 36.4 Å². The van der Waals surface area contributed by atoms with Crippen molar-refractivity contribution in [1.29, 1.82) is 0 Å². The largest absolute Gasteiger partial charge is 0.497 e. The molecule has 0 N–H and O–H groups in total. The number of hydrogen-bond donors (Lipinski definition) is 0. The first-order valence-corrected chi connectivity index (χ1v) is 6.75. The molecule has 0 radical (unpaired) electrons. The number of fused-ring (bicyclic) bond motifs is 1. The summed E-state index contributed by atoms with van der Waals surface area (Å²) < 4.78 is 5.15. The Morgan fingerprint density at radius 3 is 2.50 bits per heavy atom. The summed E-state index contributed by atoms with van der Waals surface area (Å²) in [6.45, 7) is 0. The van der Waals surface area contributed by atoms with Crippen molar-refractivity contribution >= 4 is 17.4 Å². The van der Waals surface area contributed by atoms with Gasteiger partial charge in [-0.3, -0.25) is 4.79 Å². The van der Waals surface area contributed by atoms with Gasteiger partial charge in [0.1, 0.15) is 5.75 Å². The molecule has 2 aromatic carbocycles. The maximum atomic E-state index is 12.2. The van der Waals surface area contributed by atoms with Gasteiger partial charge in [-0.25, -0.2) is 0 Å². The summed E-state index contributed by atoms with van der Waals surface area (Å²) in [5, 5.41) is 0. The SMILES string of the molecule is COc1ccc(/C=C2/C(=O)CCc3ccccc32)cc1. The van der Waals surface area contributed by atoms with Crippen molar-refractivity contribution in [3.63, 3.8) is 0 Å². The summed E-state index contributed by atoms with van der Waals surface area (Å²) in [6.07, 6.45) is 3.41. The fourth-order valence-electron chi connectivity index (χ4n) is 2.56. The first-order valence-electron chi connectivity index (χ1n) is 6.75. The number of methoxy groups -OCH3 is 1. The Bertz CT molecular complexity index is 666. The van der Waals surface area contributed by atoms with E-state index in [1.165, 1.54) is 5.56 Å². The predicted octanol–water partition coefficient (Wildman–Crippen LogP) is 3.75. The highest BCUT2D eigenvalue weighted by Crippen LogP contribution is 2.30. The number of ketones is 1. The molecule has 0 saturated heterocycles. The van der Waals surface area contributed by atoms with Gasteiger partial charge in [-0.15, -0.1) is 0 Å². The molecule has 0 heterocycles. The van der Waals surface area contributed by atoms with Crippen LogP contribution < -0.4 is 4.74 Å². The number of benzene rings is 2. The van der Waals surface area contributed by atoms with E-state index in [9.17, 15) is 4.79 Å². The lowest BCUT2D eigenvalue weighted by molar-refractivity contribution is -0.113. The molecule has 0 fully saturated rings. The lowest BCUT2D eigenvalue weighted by atomic mass is 9.85. The van der Waals surface area contributed by atoms with Gasteiger partial charge in [0.2, 0.25) is 0 Å². The zero-order valence-corrected chi connectivity index (χ0v) is 11.4. The van der Waals surface area contributed by atoms with Crippen molar-refractivity contribution < 1.29 is 9.53 Å². The van der Waals surface area contributed by atoms with Crippen LogP contribution >= 0.6 is 0 Å². The first-order chi connectivity index (χ1) is 9.78. The van der Waals surface area contributed by atoms with E-state index in [1.807, 2.05) is 48.5 Å². The molecule has 2 nitrogen and oxygen atoms in total. The van der Waals surface area contributed by atoms with E-state index in [0.29, 0.717) is 6.42 Å². The van der Waals surface area contributed by atoms with Crippen molar-refractivity contribution in [2.45, 2.75) is 12.8 Å². The van der Waals surface area contributed by atoms with Crippen molar-refractivity contribution in [3.8, 4) is 5.75 Å². The van der Waals surface area contributed by atoms with Crippen molar-refractivity contribution in [2.75, 3.05) is 7.11 Å². The molecule has 0 amide bonds. The highest BCUT2D eigenvalue weighted by atomic mass is 16.5. The molecule has 100 valence electrons. The van der Waals surface area contributed by atoms with Crippen LogP contribution in [0.25, 0.3) is 11.6 Å². The molecule has 2 aromatic rings. The Balaban J connectivity index is 2.03. The van der Waals surface area contributed by atoms with Gasteiger partial charge < -0.3 is 4.74 Å². The van der Waals surface area contributed by atoms with Crippen molar-refractivity contribution in [2.24, 2.45) is 0 Å². The second-order valence-corrected chi connectivity index (χ2v) is 4.91. The van der Waals surface area contributed by atoms with E-state index in [-0.39, 0.29) is 5.78 Å². The number of carbonyl (C=O) groups excluding carboxylic acids is 1.